The van der Waals surface area contributed by atoms with E-state index in [1.54, 1.807) is 37.6 Å². The van der Waals surface area contributed by atoms with Crippen molar-refractivity contribution in [3.63, 3.8) is 0 Å². The molecule has 1 N–H and O–H groups in total. The number of hydrogen-bond acceptors (Lipinski definition) is 6. The molecule has 0 atom stereocenters. The number of benzene rings is 1. The number of aryl methyl sites for hydroxylation is 3. The van der Waals surface area contributed by atoms with Crippen LogP contribution in [0.2, 0.25) is 0 Å². The fourth-order valence-electron chi connectivity index (χ4n) is 5.90. The Morgan fingerprint density at radius 2 is 1.96 bits per heavy atom. The van der Waals surface area contributed by atoms with Gasteiger partial charge in [0.1, 0.15) is 23.1 Å². The van der Waals surface area contributed by atoms with Crippen LogP contribution in [0, 0.1) is 5.82 Å². The van der Waals surface area contributed by atoms with Crippen molar-refractivity contribution in [1.29, 1.82) is 0 Å². The Balaban J connectivity index is 1.60. The standard InChI is InChI=1S/C36H41FN6O3/c1-8-11-26(44)20-28-27(23-17-30(34(45)41(6)21-23)39-31-19-25-12-10-15-43(25)40-31)13-14-38-33(28)42(7)35(46)32-22(9-2)16-24(18-29(32)37)36(3,4)5/h9,13-14,16-19,21H,2,8,10-12,15,20H2,1,3-7H3,(H,39,40). The van der Waals surface area contributed by atoms with E-state index in [0.717, 1.165) is 30.6 Å². The van der Waals surface area contributed by atoms with Gasteiger partial charge in [-0.1, -0.05) is 46.4 Å². The summed E-state index contributed by atoms with van der Waals surface area (Å²) in [5.74, 6) is -0.479. The fraction of sp³-hybridized carbons (Fsp3) is 0.361. The van der Waals surface area contributed by atoms with E-state index < -0.39 is 11.7 Å². The Morgan fingerprint density at radius 3 is 2.63 bits per heavy atom. The Labute approximate surface area is 268 Å². The van der Waals surface area contributed by atoms with Gasteiger partial charge >= 0.3 is 0 Å². The van der Waals surface area contributed by atoms with Crippen LogP contribution in [0.25, 0.3) is 17.2 Å². The molecule has 0 spiro atoms. The molecule has 0 bridgehead atoms. The summed E-state index contributed by atoms with van der Waals surface area (Å²) in [7, 11) is 3.18. The van der Waals surface area contributed by atoms with E-state index in [4.69, 9.17) is 0 Å². The number of rotatable bonds is 10. The van der Waals surface area contributed by atoms with Gasteiger partial charge in [0.05, 0.1) is 5.56 Å². The number of carbonyl (C=O) groups is 2. The average molecular weight is 625 g/mol. The van der Waals surface area contributed by atoms with Crippen molar-refractivity contribution >= 4 is 35.1 Å². The molecular formula is C36H41FN6O3. The number of hydrogen-bond donors (Lipinski definition) is 1. The van der Waals surface area contributed by atoms with Crippen LogP contribution < -0.4 is 15.8 Å². The number of carbonyl (C=O) groups excluding carboxylic acids is 2. The summed E-state index contributed by atoms with van der Waals surface area (Å²) in [5.41, 5.74) is 3.64. The molecule has 0 saturated carbocycles. The molecule has 240 valence electrons. The molecule has 46 heavy (non-hydrogen) atoms. The molecule has 1 amide bonds. The van der Waals surface area contributed by atoms with Gasteiger partial charge < -0.3 is 9.88 Å². The summed E-state index contributed by atoms with van der Waals surface area (Å²) >= 11 is 0. The van der Waals surface area contributed by atoms with E-state index >= 15 is 4.39 Å². The van der Waals surface area contributed by atoms with Gasteiger partial charge in [0, 0.05) is 68.8 Å². The van der Waals surface area contributed by atoms with Crippen molar-refractivity contribution < 1.29 is 14.0 Å². The molecule has 3 aromatic heterocycles. The number of halogens is 1. The maximum absolute atomic E-state index is 15.7. The summed E-state index contributed by atoms with van der Waals surface area (Å²) in [6, 6.07) is 8.60. The molecule has 1 aliphatic rings. The monoisotopic (exact) mass is 624 g/mol. The van der Waals surface area contributed by atoms with Gasteiger partial charge in [-0.15, -0.1) is 0 Å². The lowest BCUT2D eigenvalue weighted by molar-refractivity contribution is -0.118. The number of Topliss-reactive ketones (excluding diaryl/α,β-unsaturated/α-hetero) is 1. The first kappa shape index (κ1) is 32.5. The van der Waals surface area contributed by atoms with Crippen LogP contribution in [0.1, 0.15) is 79.7 Å². The molecule has 0 unspecified atom stereocenters. The first-order valence-electron chi connectivity index (χ1n) is 15.6. The highest BCUT2D eigenvalue weighted by atomic mass is 19.1. The maximum atomic E-state index is 15.7. The number of fused-ring (bicyclic) bond motifs is 1. The third-order valence-electron chi connectivity index (χ3n) is 8.40. The van der Waals surface area contributed by atoms with Crippen LogP contribution in [0.4, 0.5) is 21.7 Å². The van der Waals surface area contributed by atoms with Gasteiger partial charge in [-0.05, 0) is 59.6 Å². The second kappa shape index (κ2) is 12.9. The summed E-state index contributed by atoms with van der Waals surface area (Å²) in [6.45, 7) is 12.5. The highest BCUT2D eigenvalue weighted by Crippen LogP contribution is 2.34. The van der Waals surface area contributed by atoms with Crippen molar-refractivity contribution in [1.82, 2.24) is 19.3 Å². The second-order valence-electron chi connectivity index (χ2n) is 12.9. The highest BCUT2D eigenvalue weighted by molar-refractivity contribution is 6.08. The largest absolute Gasteiger partial charge is 0.334 e. The molecule has 0 aliphatic carbocycles. The van der Waals surface area contributed by atoms with E-state index in [1.165, 1.54) is 28.7 Å². The molecule has 1 aliphatic heterocycles. The highest BCUT2D eigenvalue weighted by Gasteiger charge is 2.28. The van der Waals surface area contributed by atoms with Crippen LogP contribution >= 0.6 is 0 Å². The van der Waals surface area contributed by atoms with Gasteiger partial charge in [-0.2, -0.15) is 5.10 Å². The molecule has 1 aromatic carbocycles. The number of ketones is 1. The smallest absolute Gasteiger partial charge is 0.274 e. The van der Waals surface area contributed by atoms with E-state index in [0.29, 0.717) is 46.6 Å². The zero-order valence-electron chi connectivity index (χ0n) is 27.4. The van der Waals surface area contributed by atoms with E-state index in [9.17, 15) is 14.4 Å². The van der Waals surface area contributed by atoms with E-state index in [2.05, 4.69) is 22.0 Å². The van der Waals surface area contributed by atoms with Crippen LogP contribution in [-0.2, 0) is 36.6 Å². The number of aromatic nitrogens is 4. The van der Waals surface area contributed by atoms with Crippen LogP contribution in [-0.4, -0.2) is 38.1 Å². The number of nitrogens with one attached hydrogen (secondary N) is 1. The normalized spacial score (nSPS) is 12.6. The minimum Gasteiger partial charge on any atom is -0.334 e. The Hall–Kier alpha value is -4.86. The molecule has 5 rings (SSSR count). The predicted octanol–water partition coefficient (Wildman–Crippen LogP) is 6.60. The zero-order chi connectivity index (χ0) is 33.3. The van der Waals surface area contributed by atoms with Crippen molar-refractivity contribution in [3.05, 3.63) is 93.4 Å². The first-order chi connectivity index (χ1) is 21.8. The maximum Gasteiger partial charge on any atom is 0.274 e. The lowest BCUT2D eigenvalue weighted by Gasteiger charge is -2.25. The van der Waals surface area contributed by atoms with Gasteiger partial charge in [0.25, 0.3) is 11.5 Å². The molecule has 0 fully saturated rings. The predicted molar refractivity (Wildman–Crippen MR) is 180 cm³/mol. The van der Waals surface area contributed by atoms with Crippen molar-refractivity contribution in [2.75, 3.05) is 17.3 Å². The zero-order valence-corrected chi connectivity index (χ0v) is 27.4. The van der Waals surface area contributed by atoms with Crippen LogP contribution in [0.3, 0.4) is 0 Å². The third kappa shape index (κ3) is 6.42. The lowest BCUT2D eigenvalue weighted by atomic mass is 9.84. The lowest BCUT2D eigenvalue weighted by Crippen LogP contribution is -2.30. The summed E-state index contributed by atoms with van der Waals surface area (Å²) < 4.78 is 19.1. The van der Waals surface area contributed by atoms with E-state index in [-0.39, 0.29) is 34.6 Å². The number of amides is 1. The number of anilines is 3. The Kier molecular flexibility index (Phi) is 9.10. The molecule has 9 nitrogen and oxygen atoms in total. The molecule has 4 aromatic rings. The average Bonchev–Trinajstić information content (AvgIpc) is 3.60. The van der Waals surface area contributed by atoms with Gasteiger partial charge in [-0.25, -0.2) is 9.37 Å². The molecular weight excluding hydrogens is 583 g/mol. The number of nitrogens with zero attached hydrogens (tertiary/aromatic N) is 5. The molecule has 0 saturated heterocycles. The van der Waals surface area contributed by atoms with Crippen molar-refractivity contribution in [3.8, 4) is 11.1 Å². The molecule has 0 radical (unpaired) electrons. The fourth-order valence-corrected chi connectivity index (χ4v) is 5.90. The van der Waals surface area contributed by atoms with Crippen LogP contribution in [0.15, 0.2) is 54.1 Å². The Morgan fingerprint density at radius 1 is 1.20 bits per heavy atom. The van der Waals surface area contributed by atoms with Crippen molar-refractivity contribution in [2.45, 2.75) is 71.8 Å². The van der Waals surface area contributed by atoms with E-state index in [1.807, 2.05) is 38.4 Å². The SMILES string of the molecule is C=Cc1cc(C(C)(C)C)cc(F)c1C(=O)N(C)c1nccc(-c2cc(Nc3cc4n(n3)CCC4)c(=O)n(C)c2)c1CC(=O)CCC. The number of pyridine rings is 2. The van der Waals surface area contributed by atoms with Gasteiger partial charge in [0.2, 0.25) is 0 Å². The molecule has 4 heterocycles. The minimum atomic E-state index is -0.655. The first-order valence-corrected chi connectivity index (χ1v) is 15.6. The van der Waals surface area contributed by atoms with Gasteiger partial charge in [-0.3, -0.25) is 24.0 Å². The Bertz CT molecular complexity index is 1880. The summed E-state index contributed by atoms with van der Waals surface area (Å²) in [4.78, 5) is 46.1. The second-order valence-corrected chi connectivity index (χ2v) is 12.9. The quantitative estimate of drug-likeness (QED) is 0.213. The summed E-state index contributed by atoms with van der Waals surface area (Å²) in [5, 5.41) is 7.76. The van der Waals surface area contributed by atoms with Crippen molar-refractivity contribution in [2.24, 2.45) is 7.05 Å². The minimum absolute atomic E-state index is 0.00307. The van der Waals surface area contributed by atoms with Gasteiger partial charge in [0.15, 0.2) is 5.82 Å². The summed E-state index contributed by atoms with van der Waals surface area (Å²) in [6.07, 6.45) is 7.71. The topological polar surface area (TPSA) is 102 Å². The van der Waals surface area contributed by atoms with Crippen LogP contribution in [0.5, 0.6) is 0 Å². The molecule has 10 heteroatoms. The third-order valence-corrected chi connectivity index (χ3v) is 8.40.